The highest BCUT2D eigenvalue weighted by Crippen LogP contribution is 2.43. The second kappa shape index (κ2) is 5.08. The van der Waals surface area contributed by atoms with Crippen molar-refractivity contribution in [2.24, 2.45) is 11.0 Å². The Hall–Kier alpha value is -0.890. The molecule has 3 saturated heterocycles. The van der Waals surface area contributed by atoms with Crippen LogP contribution in [-0.2, 0) is 23.7 Å². The molecular formula is C13H21N3O5. The minimum absolute atomic E-state index is 0.116. The van der Waals surface area contributed by atoms with Gasteiger partial charge in [0.15, 0.2) is 17.9 Å². The highest BCUT2D eigenvalue weighted by Gasteiger charge is 2.57. The molecule has 1 unspecified atom stereocenters. The molecule has 0 bridgehead atoms. The average molecular weight is 299 g/mol. The second-order valence-corrected chi connectivity index (χ2v) is 6.51. The molecule has 0 aromatic rings. The standard InChI is InChI=1S/C13H21N3O5/c1-12(2)17-6-8(19-12)9-7(5-15-16-14)10-11(18-9)21-13(3,4)20-10/h7-11H,5-6H2,1-4H3/t7-,8?,9+,10-,11-/m1/s1. The fourth-order valence-electron chi connectivity index (χ4n) is 3.17. The van der Waals surface area contributed by atoms with E-state index < -0.39 is 17.9 Å². The molecule has 0 radical (unpaired) electrons. The first-order valence-electron chi connectivity index (χ1n) is 7.15. The minimum atomic E-state index is -0.693. The van der Waals surface area contributed by atoms with Crippen LogP contribution in [0.2, 0.25) is 0 Å². The van der Waals surface area contributed by atoms with Gasteiger partial charge in [0, 0.05) is 17.4 Å². The van der Waals surface area contributed by atoms with Crippen molar-refractivity contribution < 1.29 is 23.7 Å². The van der Waals surface area contributed by atoms with Gasteiger partial charge in [-0.3, -0.25) is 0 Å². The number of nitrogens with zero attached hydrogens (tertiary/aromatic N) is 3. The van der Waals surface area contributed by atoms with Crippen LogP contribution < -0.4 is 0 Å². The lowest BCUT2D eigenvalue weighted by Gasteiger charge is -2.28. The molecule has 0 aromatic carbocycles. The molecule has 0 spiro atoms. The Morgan fingerprint density at radius 1 is 1.10 bits per heavy atom. The van der Waals surface area contributed by atoms with Crippen LogP contribution in [0.25, 0.3) is 10.4 Å². The first-order chi connectivity index (χ1) is 9.81. The van der Waals surface area contributed by atoms with E-state index in [0.29, 0.717) is 6.61 Å². The Bertz CT molecular complexity index is 463. The molecule has 118 valence electrons. The maximum Gasteiger partial charge on any atom is 0.187 e. The molecule has 3 heterocycles. The molecular weight excluding hydrogens is 278 g/mol. The lowest BCUT2D eigenvalue weighted by atomic mass is 9.95. The molecule has 0 N–H and O–H groups in total. The summed E-state index contributed by atoms with van der Waals surface area (Å²) in [4.78, 5) is 2.84. The van der Waals surface area contributed by atoms with Gasteiger partial charge >= 0.3 is 0 Å². The first kappa shape index (κ1) is 15.0. The zero-order valence-electron chi connectivity index (χ0n) is 12.7. The topological polar surface area (TPSA) is 94.9 Å². The Morgan fingerprint density at radius 2 is 1.86 bits per heavy atom. The van der Waals surface area contributed by atoms with Gasteiger partial charge in [-0.05, 0) is 33.2 Å². The van der Waals surface area contributed by atoms with E-state index in [2.05, 4.69) is 10.0 Å². The van der Waals surface area contributed by atoms with E-state index in [4.69, 9.17) is 29.2 Å². The van der Waals surface area contributed by atoms with E-state index in [-0.39, 0.29) is 30.8 Å². The van der Waals surface area contributed by atoms with Crippen molar-refractivity contribution in [2.75, 3.05) is 13.2 Å². The molecule has 0 saturated carbocycles. The molecule has 3 rings (SSSR count). The highest BCUT2D eigenvalue weighted by atomic mass is 16.8. The summed E-state index contributed by atoms with van der Waals surface area (Å²) in [5.41, 5.74) is 8.59. The van der Waals surface area contributed by atoms with Gasteiger partial charge in [0.25, 0.3) is 0 Å². The normalized spacial score (nSPS) is 43.5. The Morgan fingerprint density at radius 3 is 2.48 bits per heavy atom. The molecule has 3 fully saturated rings. The Kier molecular flexibility index (Phi) is 3.64. The van der Waals surface area contributed by atoms with Crippen LogP contribution in [0.5, 0.6) is 0 Å². The fraction of sp³-hybridized carbons (Fsp3) is 1.00. The number of rotatable bonds is 3. The monoisotopic (exact) mass is 299 g/mol. The van der Waals surface area contributed by atoms with Crippen LogP contribution in [-0.4, -0.2) is 49.3 Å². The Balaban J connectivity index is 1.76. The highest BCUT2D eigenvalue weighted by molar-refractivity contribution is 4.98. The van der Waals surface area contributed by atoms with Crippen molar-refractivity contribution in [1.82, 2.24) is 0 Å². The summed E-state index contributed by atoms with van der Waals surface area (Å²) in [5, 5.41) is 3.69. The summed E-state index contributed by atoms with van der Waals surface area (Å²) in [7, 11) is 0. The van der Waals surface area contributed by atoms with Crippen molar-refractivity contribution in [3.8, 4) is 0 Å². The van der Waals surface area contributed by atoms with Crippen molar-refractivity contribution in [3.63, 3.8) is 0 Å². The summed E-state index contributed by atoms with van der Waals surface area (Å²) in [6, 6.07) is 0. The Labute approximate surface area is 123 Å². The van der Waals surface area contributed by atoms with Crippen LogP contribution in [0, 0.1) is 5.92 Å². The molecule has 0 amide bonds. The summed E-state index contributed by atoms with van der Waals surface area (Å²) in [6.07, 6.45) is -1.22. The zero-order valence-corrected chi connectivity index (χ0v) is 12.7. The summed E-state index contributed by atoms with van der Waals surface area (Å²) < 4.78 is 29.1. The molecule has 3 aliphatic heterocycles. The maximum atomic E-state index is 8.59. The summed E-state index contributed by atoms with van der Waals surface area (Å²) >= 11 is 0. The van der Waals surface area contributed by atoms with Crippen molar-refractivity contribution >= 4 is 0 Å². The van der Waals surface area contributed by atoms with Gasteiger partial charge in [-0.2, -0.15) is 0 Å². The minimum Gasteiger partial charge on any atom is -0.348 e. The number of ether oxygens (including phenoxy) is 5. The molecule has 8 nitrogen and oxygen atoms in total. The molecule has 5 atom stereocenters. The van der Waals surface area contributed by atoms with Gasteiger partial charge in [0.2, 0.25) is 0 Å². The molecule has 0 aromatic heterocycles. The van der Waals surface area contributed by atoms with E-state index in [1.165, 1.54) is 0 Å². The average Bonchev–Trinajstić information content (AvgIpc) is 2.96. The smallest absolute Gasteiger partial charge is 0.187 e. The van der Waals surface area contributed by atoms with E-state index in [1.54, 1.807) is 0 Å². The molecule has 3 aliphatic rings. The summed E-state index contributed by atoms with van der Waals surface area (Å²) in [6.45, 7) is 8.12. The second-order valence-electron chi connectivity index (χ2n) is 6.51. The number of hydrogen-bond acceptors (Lipinski definition) is 6. The predicted molar refractivity (Wildman–Crippen MR) is 71.1 cm³/mol. The van der Waals surface area contributed by atoms with Crippen molar-refractivity contribution in [2.45, 2.75) is 63.9 Å². The van der Waals surface area contributed by atoms with Gasteiger partial charge in [0.05, 0.1) is 12.7 Å². The van der Waals surface area contributed by atoms with Gasteiger partial charge in [-0.1, -0.05) is 5.11 Å². The third kappa shape index (κ3) is 2.88. The fourth-order valence-corrected chi connectivity index (χ4v) is 3.17. The van der Waals surface area contributed by atoms with Crippen molar-refractivity contribution in [1.29, 1.82) is 0 Å². The van der Waals surface area contributed by atoms with Gasteiger partial charge < -0.3 is 23.7 Å². The van der Waals surface area contributed by atoms with Gasteiger partial charge in [-0.15, -0.1) is 0 Å². The maximum absolute atomic E-state index is 8.59. The van der Waals surface area contributed by atoms with E-state index in [9.17, 15) is 0 Å². The van der Waals surface area contributed by atoms with Crippen LogP contribution in [0.3, 0.4) is 0 Å². The van der Waals surface area contributed by atoms with Gasteiger partial charge in [-0.25, -0.2) is 0 Å². The van der Waals surface area contributed by atoms with Gasteiger partial charge in [0.1, 0.15) is 12.2 Å². The predicted octanol–water partition coefficient (Wildman–Crippen LogP) is 1.94. The third-order valence-corrected chi connectivity index (χ3v) is 3.98. The van der Waals surface area contributed by atoms with Crippen LogP contribution in [0.4, 0.5) is 0 Å². The van der Waals surface area contributed by atoms with E-state index in [1.807, 2.05) is 27.7 Å². The quantitative estimate of drug-likeness (QED) is 0.451. The van der Waals surface area contributed by atoms with Crippen LogP contribution in [0.1, 0.15) is 27.7 Å². The number of fused-ring (bicyclic) bond motifs is 1. The number of hydrogen-bond donors (Lipinski definition) is 0. The lowest BCUT2D eigenvalue weighted by Crippen LogP contribution is -2.40. The number of azide groups is 1. The largest absolute Gasteiger partial charge is 0.348 e. The SMILES string of the molecule is CC1(C)OCC([C@H]2O[C@@H]3OC(C)(C)O[C@@H]3[C@@H]2CN=[N+]=[N-])O1. The third-order valence-electron chi connectivity index (χ3n) is 3.98. The van der Waals surface area contributed by atoms with Crippen LogP contribution in [0.15, 0.2) is 5.11 Å². The zero-order chi connectivity index (χ0) is 15.3. The molecule has 8 heteroatoms. The van der Waals surface area contributed by atoms with E-state index in [0.717, 1.165) is 0 Å². The molecule has 0 aliphatic carbocycles. The lowest BCUT2D eigenvalue weighted by molar-refractivity contribution is -0.226. The molecule has 21 heavy (non-hydrogen) atoms. The van der Waals surface area contributed by atoms with Crippen molar-refractivity contribution in [3.05, 3.63) is 10.4 Å². The first-order valence-corrected chi connectivity index (χ1v) is 7.15. The van der Waals surface area contributed by atoms with E-state index >= 15 is 0 Å². The van der Waals surface area contributed by atoms with Crippen LogP contribution >= 0.6 is 0 Å². The summed E-state index contributed by atoms with van der Waals surface area (Å²) in [5.74, 6) is -1.44.